The Morgan fingerprint density at radius 1 is 1.16 bits per heavy atom. The van der Waals surface area contributed by atoms with Crippen molar-refractivity contribution in [1.82, 2.24) is 25.3 Å². The lowest BCUT2D eigenvalue weighted by atomic mass is 9.99. The molecule has 1 saturated carbocycles. The van der Waals surface area contributed by atoms with E-state index in [1.807, 2.05) is 18.2 Å². The summed E-state index contributed by atoms with van der Waals surface area (Å²) in [5.41, 5.74) is 0. The maximum Gasteiger partial charge on any atom is 0.412 e. The number of ether oxygens (including phenoxy) is 1. The first kappa shape index (κ1) is 32.2. The third-order valence-electron chi connectivity index (χ3n) is 7.54. The number of carbonyl (C=O) groups excluding carboxylic acids is 3. The van der Waals surface area contributed by atoms with Gasteiger partial charge in [0.25, 0.3) is 0 Å². The minimum Gasteiger partial charge on any atom is -0.453 e. The van der Waals surface area contributed by atoms with Crippen LogP contribution >= 0.6 is 0 Å². The molecule has 234 valence electrons. The fourth-order valence-electron chi connectivity index (χ4n) is 5.11. The molecule has 1 heterocycles. The smallest absolute Gasteiger partial charge is 0.412 e. The van der Waals surface area contributed by atoms with Crippen LogP contribution in [0, 0.1) is 5.92 Å². The molecule has 2 aliphatic rings. The van der Waals surface area contributed by atoms with Gasteiger partial charge in [0.15, 0.2) is 0 Å². The molecule has 4 rings (SSSR count). The van der Waals surface area contributed by atoms with Gasteiger partial charge in [0.1, 0.15) is 12.4 Å². The normalized spacial score (nSPS) is 17.9. The Morgan fingerprint density at radius 3 is 2.65 bits per heavy atom. The number of sulfonamides is 1. The van der Waals surface area contributed by atoms with Crippen LogP contribution in [0.1, 0.15) is 38.5 Å². The molecule has 2 atom stereocenters. The van der Waals surface area contributed by atoms with Crippen LogP contribution in [-0.2, 0) is 24.3 Å². The Bertz CT molecular complexity index is 1420. The van der Waals surface area contributed by atoms with Crippen molar-refractivity contribution >= 4 is 45.0 Å². The van der Waals surface area contributed by atoms with Crippen molar-refractivity contribution in [3.05, 3.63) is 42.5 Å². The van der Waals surface area contributed by atoms with Crippen LogP contribution in [0.4, 0.5) is 4.79 Å². The number of alkyl carbamates (subject to hydrolysis) is 1. The van der Waals surface area contributed by atoms with Gasteiger partial charge in [-0.05, 0) is 60.9 Å². The zero-order chi connectivity index (χ0) is 30.8. The lowest BCUT2D eigenvalue weighted by Crippen LogP contribution is -2.51. The fourth-order valence-corrected chi connectivity index (χ4v) is 6.34. The number of aliphatic hydroxyl groups is 1. The maximum absolute atomic E-state index is 13.5. The van der Waals surface area contributed by atoms with E-state index in [4.69, 9.17) is 0 Å². The van der Waals surface area contributed by atoms with E-state index in [0.717, 1.165) is 36.5 Å². The number of nitrogens with zero attached hydrogens (tertiary/aromatic N) is 3. The van der Waals surface area contributed by atoms with E-state index in [9.17, 15) is 27.9 Å². The molecule has 2 aromatic rings. The molecule has 1 saturated heterocycles. The van der Waals surface area contributed by atoms with Gasteiger partial charge in [0, 0.05) is 38.8 Å². The van der Waals surface area contributed by atoms with E-state index in [1.54, 1.807) is 28.1 Å². The van der Waals surface area contributed by atoms with Crippen LogP contribution in [0.3, 0.4) is 0 Å². The number of rotatable bonds is 14. The molecule has 3 amide bonds. The van der Waals surface area contributed by atoms with Crippen molar-refractivity contribution in [2.24, 2.45) is 11.0 Å². The van der Waals surface area contributed by atoms with E-state index < -0.39 is 28.1 Å². The van der Waals surface area contributed by atoms with Gasteiger partial charge in [-0.25, -0.2) is 13.2 Å². The number of aliphatic hydroxyl groups excluding tert-OH is 1. The minimum absolute atomic E-state index is 0.00266. The second kappa shape index (κ2) is 15.1. The number of carbonyl (C=O) groups is 3. The topological polar surface area (TPSA) is 170 Å². The van der Waals surface area contributed by atoms with Crippen molar-refractivity contribution < 1.29 is 32.6 Å². The summed E-state index contributed by atoms with van der Waals surface area (Å²) in [7, 11) is -2.90. The SMILES string of the molecule is COC(=O)NC=NN1CCC[C@@H](CNC(=O)[C@H](CC(=O)N(CCCO)C2CC2)NS(=O)(=O)c2ccc3ccccc3c2)C1. The fraction of sp³-hybridized carbons (Fsp3) is 0.517. The second-order valence-electron chi connectivity index (χ2n) is 10.8. The van der Waals surface area contributed by atoms with Gasteiger partial charge in [-0.3, -0.25) is 19.9 Å². The molecular weight excluding hydrogens is 576 g/mol. The third-order valence-corrected chi connectivity index (χ3v) is 9.01. The standard InChI is InChI=1S/C29H40N6O7S/c1-42-29(39)31-20-32-34-13-4-6-21(19-34)18-30-28(38)26(17-27(37)35(14-5-15-36)24-10-11-24)33-43(40,41)25-12-9-22-7-2-3-8-23(22)16-25/h2-3,7-9,12,16,20-21,24,26,33,36H,4-6,10-11,13-15,17-19H2,1H3,(H,30,38)(H,31,32,39)/t21-,26-/m0/s1. The molecule has 4 N–H and O–H groups in total. The summed E-state index contributed by atoms with van der Waals surface area (Å²) in [5, 5.41) is 22.1. The van der Waals surface area contributed by atoms with Gasteiger partial charge in [-0.15, -0.1) is 0 Å². The number of hydrogen-bond acceptors (Lipinski definition) is 9. The number of piperidine rings is 1. The number of fused-ring (bicyclic) bond motifs is 1. The highest BCUT2D eigenvalue weighted by Crippen LogP contribution is 2.28. The summed E-state index contributed by atoms with van der Waals surface area (Å²) in [6.45, 7) is 1.72. The minimum atomic E-state index is -4.15. The average molecular weight is 617 g/mol. The molecular formula is C29H40N6O7S. The van der Waals surface area contributed by atoms with Crippen molar-refractivity contribution in [1.29, 1.82) is 0 Å². The maximum atomic E-state index is 13.5. The van der Waals surface area contributed by atoms with Crippen LogP contribution in [0.2, 0.25) is 0 Å². The molecule has 0 spiro atoms. The molecule has 43 heavy (non-hydrogen) atoms. The number of benzene rings is 2. The highest BCUT2D eigenvalue weighted by molar-refractivity contribution is 7.89. The van der Waals surface area contributed by atoms with E-state index in [0.29, 0.717) is 26.1 Å². The molecule has 0 bridgehead atoms. The predicted octanol–water partition coefficient (Wildman–Crippen LogP) is 1.38. The van der Waals surface area contributed by atoms with Crippen LogP contribution in [0.15, 0.2) is 52.5 Å². The van der Waals surface area contributed by atoms with E-state index in [1.165, 1.54) is 19.5 Å². The van der Waals surface area contributed by atoms with Crippen molar-refractivity contribution in [3.63, 3.8) is 0 Å². The van der Waals surface area contributed by atoms with E-state index in [-0.39, 0.29) is 42.3 Å². The highest BCUT2D eigenvalue weighted by Gasteiger charge is 2.36. The molecule has 0 aromatic heterocycles. The van der Waals surface area contributed by atoms with Crippen LogP contribution < -0.4 is 15.4 Å². The largest absolute Gasteiger partial charge is 0.453 e. The van der Waals surface area contributed by atoms with Gasteiger partial charge in [0.2, 0.25) is 21.8 Å². The van der Waals surface area contributed by atoms with Crippen LogP contribution in [0.25, 0.3) is 10.8 Å². The zero-order valence-electron chi connectivity index (χ0n) is 24.3. The van der Waals surface area contributed by atoms with E-state index in [2.05, 4.69) is 25.2 Å². The molecule has 0 unspecified atom stereocenters. The molecule has 1 aliphatic carbocycles. The van der Waals surface area contributed by atoms with Gasteiger partial charge >= 0.3 is 6.09 Å². The van der Waals surface area contributed by atoms with Crippen molar-refractivity contribution in [3.8, 4) is 0 Å². The second-order valence-corrected chi connectivity index (χ2v) is 12.5. The number of nitrogens with one attached hydrogen (secondary N) is 3. The first-order valence-electron chi connectivity index (χ1n) is 14.5. The molecule has 1 aliphatic heterocycles. The molecule has 2 aromatic carbocycles. The first-order chi connectivity index (χ1) is 20.7. The van der Waals surface area contributed by atoms with Crippen molar-refractivity contribution in [2.75, 3.05) is 39.9 Å². The summed E-state index contributed by atoms with van der Waals surface area (Å²) < 4.78 is 33.9. The van der Waals surface area contributed by atoms with Crippen LogP contribution in [0.5, 0.6) is 0 Å². The lowest BCUT2D eigenvalue weighted by Gasteiger charge is -2.31. The Morgan fingerprint density at radius 2 is 1.93 bits per heavy atom. The molecule has 0 radical (unpaired) electrons. The lowest BCUT2D eigenvalue weighted by molar-refractivity contribution is -0.135. The summed E-state index contributed by atoms with van der Waals surface area (Å²) in [6.07, 6.45) is 3.98. The highest BCUT2D eigenvalue weighted by atomic mass is 32.2. The van der Waals surface area contributed by atoms with Gasteiger partial charge < -0.3 is 20.1 Å². The van der Waals surface area contributed by atoms with Crippen LogP contribution in [-0.4, -0.2) is 99.7 Å². The Labute approximate surface area is 251 Å². The average Bonchev–Trinajstić information content (AvgIpc) is 3.85. The summed E-state index contributed by atoms with van der Waals surface area (Å²) >= 11 is 0. The quantitative estimate of drug-likeness (QED) is 0.182. The Balaban J connectivity index is 1.45. The number of amides is 3. The van der Waals surface area contributed by atoms with Crippen molar-refractivity contribution in [2.45, 2.75) is 55.5 Å². The Hall–Kier alpha value is -3.75. The zero-order valence-corrected chi connectivity index (χ0v) is 25.1. The molecule has 2 fully saturated rings. The third kappa shape index (κ3) is 9.37. The van der Waals surface area contributed by atoms with Gasteiger partial charge in [0.05, 0.1) is 18.4 Å². The number of hydrazone groups is 1. The molecule has 13 nitrogen and oxygen atoms in total. The number of methoxy groups -OCH3 is 1. The summed E-state index contributed by atoms with van der Waals surface area (Å²) in [4.78, 5) is 39.7. The summed E-state index contributed by atoms with van der Waals surface area (Å²) in [6, 6.07) is 10.8. The first-order valence-corrected chi connectivity index (χ1v) is 16.0. The number of hydrogen-bond donors (Lipinski definition) is 4. The van der Waals surface area contributed by atoms with E-state index >= 15 is 0 Å². The van der Waals surface area contributed by atoms with Gasteiger partial charge in [-0.1, -0.05) is 30.3 Å². The summed E-state index contributed by atoms with van der Waals surface area (Å²) in [5.74, 6) is -0.911. The predicted molar refractivity (Wildman–Crippen MR) is 160 cm³/mol. The monoisotopic (exact) mass is 616 g/mol. The molecule has 14 heteroatoms. The Kier molecular flexibility index (Phi) is 11.3. The van der Waals surface area contributed by atoms with Gasteiger partial charge in [-0.2, -0.15) is 9.82 Å².